The maximum absolute atomic E-state index is 15.3. The van der Waals surface area contributed by atoms with Crippen LogP contribution in [0.15, 0.2) is 10.6 Å². The van der Waals surface area contributed by atoms with Crippen molar-refractivity contribution in [2.45, 2.75) is 57.7 Å². The van der Waals surface area contributed by atoms with Crippen LogP contribution in [0.3, 0.4) is 0 Å². The number of aromatic nitrogens is 1. The highest BCUT2D eigenvalue weighted by Gasteiger charge is 2.76. The summed E-state index contributed by atoms with van der Waals surface area (Å²) in [5, 5.41) is 20.0. The van der Waals surface area contributed by atoms with Gasteiger partial charge in [0, 0.05) is 6.07 Å². The number of alkyl halides is 1. The van der Waals surface area contributed by atoms with E-state index in [0.29, 0.717) is 43.8 Å². The van der Waals surface area contributed by atoms with Crippen LogP contribution in [0.25, 0.3) is 0 Å². The second-order valence-electron chi connectivity index (χ2n) is 9.95. The lowest BCUT2D eigenvalue weighted by Crippen LogP contribution is -2.41. The Morgan fingerprint density at radius 1 is 1.30 bits per heavy atom. The number of halogens is 1. The number of hydrogen-bond donors (Lipinski definition) is 3. The number of carbonyl (C=O) groups is 2. The van der Waals surface area contributed by atoms with Gasteiger partial charge >= 0.3 is 5.97 Å². The molecule has 164 valence electrons. The zero-order valence-electron chi connectivity index (χ0n) is 17.3. The van der Waals surface area contributed by atoms with Gasteiger partial charge in [0.05, 0.1) is 18.4 Å². The smallest absolute Gasteiger partial charge is 0.307 e. The van der Waals surface area contributed by atoms with Crippen molar-refractivity contribution in [3.8, 4) is 0 Å². The number of hydrogen-bond acceptors (Lipinski definition) is 5. The molecule has 1 aliphatic heterocycles. The van der Waals surface area contributed by atoms with Gasteiger partial charge in [0.2, 0.25) is 5.91 Å². The van der Waals surface area contributed by atoms with E-state index in [0.717, 1.165) is 19.3 Å². The molecule has 5 rings (SSSR count). The molecule has 0 aromatic carbocycles. The van der Waals surface area contributed by atoms with Gasteiger partial charge in [-0.2, -0.15) is 0 Å². The van der Waals surface area contributed by atoms with Crippen LogP contribution >= 0.6 is 0 Å². The third-order valence-electron chi connectivity index (χ3n) is 8.44. The van der Waals surface area contributed by atoms with Gasteiger partial charge in [0.25, 0.3) is 0 Å². The average molecular weight is 419 g/mol. The lowest BCUT2D eigenvalue weighted by molar-refractivity contribution is -0.149. The summed E-state index contributed by atoms with van der Waals surface area (Å²) in [7, 11) is 0. The van der Waals surface area contributed by atoms with E-state index in [2.05, 4.69) is 15.8 Å². The maximum atomic E-state index is 15.3. The van der Waals surface area contributed by atoms with Crippen molar-refractivity contribution in [3.05, 3.63) is 17.5 Å². The number of carboxylic acid groups (broad SMARTS) is 1. The second kappa shape index (κ2) is 7.04. The molecule has 1 amide bonds. The van der Waals surface area contributed by atoms with E-state index >= 15 is 4.39 Å². The molecule has 4 aliphatic rings. The van der Waals surface area contributed by atoms with Crippen molar-refractivity contribution >= 4 is 11.9 Å². The highest BCUT2D eigenvalue weighted by atomic mass is 19.1. The first-order valence-corrected chi connectivity index (χ1v) is 11.2. The first kappa shape index (κ1) is 20.0. The number of nitrogens with zero attached hydrogens (tertiary/aromatic N) is 1. The van der Waals surface area contributed by atoms with Gasteiger partial charge < -0.3 is 20.3 Å². The largest absolute Gasteiger partial charge is 0.481 e. The molecule has 8 heteroatoms. The van der Waals surface area contributed by atoms with Crippen molar-refractivity contribution in [1.82, 2.24) is 15.8 Å². The van der Waals surface area contributed by atoms with Crippen LogP contribution in [-0.2, 0) is 16.1 Å². The van der Waals surface area contributed by atoms with Crippen LogP contribution in [0.1, 0.15) is 50.0 Å². The zero-order valence-corrected chi connectivity index (χ0v) is 17.3. The third kappa shape index (κ3) is 3.06. The molecule has 2 bridgehead atoms. The molecule has 2 heterocycles. The quantitative estimate of drug-likeness (QED) is 0.654. The highest BCUT2D eigenvalue weighted by molar-refractivity contribution is 5.86. The van der Waals surface area contributed by atoms with Crippen LogP contribution in [0, 0.1) is 41.9 Å². The molecule has 3 aliphatic carbocycles. The summed E-state index contributed by atoms with van der Waals surface area (Å²) >= 11 is 0. The van der Waals surface area contributed by atoms with E-state index in [4.69, 9.17) is 4.52 Å². The standard InChI is InChI=1S/C22H30FN3O4/c1-12-8-14(26-30-12)11-25-19(27)17-15-2-3-16(18(17)20(28)29)22(15)10-13(22)9-21(23)4-6-24-7-5-21/h8,13,15-18,24H,2-7,9-11H2,1H3,(H,25,27)(H,28,29)/t13?,15-,16+,17+,18+,22?/m0/s1. The van der Waals surface area contributed by atoms with Gasteiger partial charge in [-0.1, -0.05) is 5.16 Å². The van der Waals surface area contributed by atoms with Crippen LogP contribution in [0.5, 0.6) is 0 Å². The predicted molar refractivity (Wildman–Crippen MR) is 105 cm³/mol. The van der Waals surface area contributed by atoms with Crippen molar-refractivity contribution in [3.63, 3.8) is 0 Å². The first-order chi connectivity index (χ1) is 14.3. The molecule has 7 nitrogen and oxygen atoms in total. The fourth-order valence-corrected chi connectivity index (χ4v) is 7.23. The van der Waals surface area contributed by atoms with Crippen LogP contribution in [-0.4, -0.2) is 40.9 Å². The van der Waals surface area contributed by atoms with Gasteiger partial charge in [0.15, 0.2) is 0 Å². The molecule has 1 saturated heterocycles. The Balaban J connectivity index is 1.32. The van der Waals surface area contributed by atoms with Crippen LogP contribution < -0.4 is 10.6 Å². The Hall–Kier alpha value is -1.96. The minimum absolute atomic E-state index is 0.0136. The number of aryl methyl sites for hydroxylation is 1. The Morgan fingerprint density at radius 2 is 2.00 bits per heavy atom. The van der Waals surface area contributed by atoms with Gasteiger partial charge in [-0.25, -0.2) is 4.39 Å². The minimum Gasteiger partial charge on any atom is -0.481 e. The Morgan fingerprint density at radius 3 is 2.63 bits per heavy atom. The van der Waals surface area contributed by atoms with E-state index in [-0.39, 0.29) is 35.6 Å². The summed E-state index contributed by atoms with van der Waals surface area (Å²) in [6.45, 7) is 3.42. The normalized spacial score (nSPS) is 38.7. The summed E-state index contributed by atoms with van der Waals surface area (Å²) in [5.74, 6) is -1.41. The molecule has 1 aromatic rings. The third-order valence-corrected chi connectivity index (χ3v) is 8.44. The topological polar surface area (TPSA) is 104 Å². The molecule has 6 atom stereocenters. The predicted octanol–water partition coefficient (Wildman–Crippen LogP) is 2.44. The Labute approximate surface area is 175 Å². The van der Waals surface area contributed by atoms with Gasteiger partial charge in [-0.15, -0.1) is 0 Å². The number of rotatable bonds is 6. The second-order valence-corrected chi connectivity index (χ2v) is 9.95. The summed E-state index contributed by atoms with van der Waals surface area (Å²) in [6, 6.07) is 1.76. The van der Waals surface area contributed by atoms with E-state index in [9.17, 15) is 14.7 Å². The van der Waals surface area contributed by atoms with Crippen molar-refractivity contribution in [2.24, 2.45) is 35.0 Å². The van der Waals surface area contributed by atoms with Crippen molar-refractivity contribution in [2.75, 3.05) is 13.1 Å². The van der Waals surface area contributed by atoms with E-state index in [1.165, 1.54) is 0 Å². The maximum Gasteiger partial charge on any atom is 0.307 e. The molecule has 1 spiro atoms. The Bertz CT molecular complexity index is 851. The summed E-state index contributed by atoms with van der Waals surface area (Å²) in [6.07, 6.45) is 4.15. The molecule has 30 heavy (non-hydrogen) atoms. The number of amides is 1. The Kier molecular flexibility index (Phi) is 4.69. The van der Waals surface area contributed by atoms with Crippen LogP contribution in [0.4, 0.5) is 4.39 Å². The van der Waals surface area contributed by atoms with Gasteiger partial charge in [-0.05, 0) is 81.7 Å². The number of carbonyl (C=O) groups excluding carboxylic acids is 1. The molecule has 2 unspecified atom stereocenters. The van der Waals surface area contributed by atoms with Gasteiger partial charge in [-0.3, -0.25) is 9.59 Å². The summed E-state index contributed by atoms with van der Waals surface area (Å²) in [5.41, 5.74) is -0.678. The van der Waals surface area contributed by atoms with E-state index < -0.39 is 23.5 Å². The number of piperidine rings is 1. The first-order valence-electron chi connectivity index (χ1n) is 11.2. The summed E-state index contributed by atoms with van der Waals surface area (Å²) < 4.78 is 20.4. The molecular formula is C22H30FN3O4. The van der Waals surface area contributed by atoms with Crippen molar-refractivity contribution in [1.29, 1.82) is 0 Å². The molecular weight excluding hydrogens is 389 g/mol. The van der Waals surface area contributed by atoms with Crippen LogP contribution in [0.2, 0.25) is 0 Å². The summed E-state index contributed by atoms with van der Waals surface area (Å²) in [4.78, 5) is 25.3. The fourth-order valence-electron chi connectivity index (χ4n) is 7.23. The van der Waals surface area contributed by atoms with Crippen molar-refractivity contribution < 1.29 is 23.6 Å². The number of aliphatic carboxylic acids is 1. The number of carboxylic acids is 1. The minimum atomic E-state index is -1.15. The molecule has 3 saturated carbocycles. The lowest BCUT2D eigenvalue weighted by atomic mass is 9.78. The number of nitrogens with one attached hydrogen (secondary N) is 2. The fraction of sp³-hybridized carbons (Fsp3) is 0.773. The SMILES string of the molecule is Cc1cc(CNC(=O)[C@H]2[C@H](C(=O)O)[C@H]3CC[C@@H]2C32CC2CC2(F)CCNCC2)no1. The van der Waals surface area contributed by atoms with Gasteiger partial charge in [0.1, 0.15) is 17.1 Å². The molecule has 0 radical (unpaired) electrons. The molecule has 1 aromatic heterocycles. The zero-order chi connectivity index (χ0) is 21.1. The van der Waals surface area contributed by atoms with E-state index in [1.54, 1.807) is 13.0 Å². The molecule has 4 fully saturated rings. The lowest BCUT2D eigenvalue weighted by Gasteiger charge is -2.31. The monoisotopic (exact) mass is 419 g/mol. The van der Waals surface area contributed by atoms with E-state index in [1.807, 2.05) is 0 Å². The average Bonchev–Trinajstić information content (AvgIpc) is 2.97. The highest BCUT2D eigenvalue weighted by Crippen LogP contribution is 2.78. The molecule has 3 N–H and O–H groups in total.